The van der Waals surface area contributed by atoms with Crippen molar-refractivity contribution in [2.24, 2.45) is 5.92 Å². The van der Waals surface area contributed by atoms with Gasteiger partial charge in [0.2, 0.25) is 5.91 Å². The highest BCUT2D eigenvalue weighted by atomic mass is 16.2. The summed E-state index contributed by atoms with van der Waals surface area (Å²) in [6.07, 6.45) is 4.43. The van der Waals surface area contributed by atoms with E-state index in [0.29, 0.717) is 24.2 Å². The zero-order chi connectivity index (χ0) is 15.5. The number of nitrogens with zero attached hydrogens (tertiary/aromatic N) is 3. The monoisotopic (exact) mass is 297 g/mol. The first-order valence-electron chi connectivity index (χ1n) is 8.13. The summed E-state index contributed by atoms with van der Waals surface area (Å²) in [7, 11) is 0. The van der Waals surface area contributed by atoms with Crippen LogP contribution in [0, 0.1) is 5.92 Å². The molecule has 0 bridgehead atoms. The molecule has 116 valence electrons. The van der Waals surface area contributed by atoms with E-state index in [2.05, 4.69) is 31.0 Å². The molecule has 0 aromatic carbocycles. The molecule has 3 heterocycles. The smallest absolute Gasteiger partial charge is 0.222 e. The van der Waals surface area contributed by atoms with E-state index in [4.69, 9.17) is 4.98 Å². The third-order valence-corrected chi connectivity index (χ3v) is 4.33. The molecule has 0 unspecified atom stereocenters. The molecule has 1 fully saturated rings. The highest BCUT2D eigenvalue weighted by molar-refractivity contribution is 5.76. The topological polar surface area (TPSA) is 46.1 Å². The van der Waals surface area contributed by atoms with E-state index in [0.717, 1.165) is 42.7 Å². The highest BCUT2D eigenvalue weighted by Gasteiger charge is 2.24. The first kappa shape index (κ1) is 14.9. The Morgan fingerprint density at radius 2 is 2.05 bits per heavy atom. The number of fused-ring (bicyclic) bond motifs is 1. The summed E-state index contributed by atoms with van der Waals surface area (Å²) in [5.74, 6) is 1.16. The van der Waals surface area contributed by atoms with Crippen molar-refractivity contribution >= 4 is 16.9 Å². The van der Waals surface area contributed by atoms with Crippen LogP contribution in [0.1, 0.15) is 44.7 Å². The van der Waals surface area contributed by atoms with Gasteiger partial charge in [-0.25, -0.2) is 9.97 Å². The third kappa shape index (κ3) is 3.26. The van der Waals surface area contributed by atoms with Crippen molar-refractivity contribution in [3.63, 3.8) is 0 Å². The summed E-state index contributed by atoms with van der Waals surface area (Å²) in [4.78, 5) is 23.2. The van der Waals surface area contributed by atoms with Crippen molar-refractivity contribution < 1.29 is 4.79 Å². The van der Waals surface area contributed by atoms with Gasteiger partial charge >= 0.3 is 0 Å². The van der Waals surface area contributed by atoms with E-state index in [1.54, 1.807) is 6.20 Å². The van der Waals surface area contributed by atoms with Crippen molar-refractivity contribution in [1.82, 2.24) is 14.9 Å². The van der Waals surface area contributed by atoms with E-state index >= 15 is 0 Å². The molecule has 3 rings (SSSR count). The standard InChI is InChI=1S/C18H23N3O/c1-13(2)12-17(22)21-10-7-14(8-11-21)16-6-5-15-4-3-9-19-18(15)20-16/h3-6,9,13-14H,7-8,10-12H2,1-2H3. The highest BCUT2D eigenvalue weighted by Crippen LogP contribution is 2.28. The van der Waals surface area contributed by atoms with E-state index in [9.17, 15) is 4.79 Å². The number of pyridine rings is 2. The molecular weight excluding hydrogens is 274 g/mol. The average molecular weight is 297 g/mol. The van der Waals surface area contributed by atoms with Crippen LogP contribution in [0.2, 0.25) is 0 Å². The van der Waals surface area contributed by atoms with E-state index in [1.807, 2.05) is 17.0 Å². The van der Waals surface area contributed by atoms with Gasteiger partial charge in [-0.2, -0.15) is 0 Å². The molecule has 0 radical (unpaired) electrons. The SMILES string of the molecule is CC(C)CC(=O)N1CCC(c2ccc3cccnc3n2)CC1. The molecule has 2 aromatic heterocycles. The van der Waals surface area contributed by atoms with Gasteiger partial charge in [0, 0.05) is 42.7 Å². The molecule has 22 heavy (non-hydrogen) atoms. The molecule has 0 aliphatic carbocycles. The second kappa shape index (κ2) is 6.42. The fraction of sp³-hybridized carbons (Fsp3) is 0.500. The minimum Gasteiger partial charge on any atom is -0.343 e. The zero-order valence-electron chi connectivity index (χ0n) is 13.3. The second-order valence-electron chi connectivity index (χ2n) is 6.54. The Labute approximate surface area is 131 Å². The molecule has 1 amide bonds. The molecule has 4 heteroatoms. The van der Waals surface area contributed by atoms with Gasteiger partial charge in [0.05, 0.1) is 0 Å². The Balaban J connectivity index is 1.66. The normalized spacial score (nSPS) is 16.4. The molecule has 1 saturated heterocycles. The lowest BCUT2D eigenvalue weighted by Gasteiger charge is -2.32. The van der Waals surface area contributed by atoms with Crippen LogP contribution in [0.15, 0.2) is 30.5 Å². The lowest BCUT2D eigenvalue weighted by Crippen LogP contribution is -2.38. The second-order valence-corrected chi connectivity index (χ2v) is 6.54. The minimum atomic E-state index is 0.293. The van der Waals surface area contributed by atoms with Gasteiger partial charge in [0.25, 0.3) is 0 Å². The molecule has 4 nitrogen and oxygen atoms in total. The predicted molar refractivity (Wildman–Crippen MR) is 87.5 cm³/mol. The van der Waals surface area contributed by atoms with Crippen molar-refractivity contribution in [1.29, 1.82) is 0 Å². The van der Waals surface area contributed by atoms with Crippen LogP contribution in [-0.2, 0) is 4.79 Å². The molecule has 0 saturated carbocycles. The fourth-order valence-electron chi connectivity index (χ4n) is 3.10. The number of hydrogen-bond donors (Lipinski definition) is 0. The number of likely N-dealkylation sites (tertiary alicyclic amines) is 1. The van der Waals surface area contributed by atoms with Crippen LogP contribution in [0.25, 0.3) is 11.0 Å². The van der Waals surface area contributed by atoms with Crippen molar-refractivity contribution in [3.05, 3.63) is 36.2 Å². The lowest BCUT2D eigenvalue weighted by molar-refractivity contribution is -0.133. The van der Waals surface area contributed by atoms with Gasteiger partial charge in [0.1, 0.15) is 0 Å². The number of hydrogen-bond acceptors (Lipinski definition) is 3. The predicted octanol–water partition coefficient (Wildman–Crippen LogP) is 3.38. The Morgan fingerprint density at radius 3 is 2.77 bits per heavy atom. The van der Waals surface area contributed by atoms with Crippen LogP contribution in [0.3, 0.4) is 0 Å². The maximum absolute atomic E-state index is 12.1. The lowest BCUT2D eigenvalue weighted by atomic mass is 9.92. The Hall–Kier alpha value is -1.97. The quantitative estimate of drug-likeness (QED) is 0.872. The van der Waals surface area contributed by atoms with Crippen molar-refractivity contribution in [2.45, 2.75) is 39.0 Å². The summed E-state index contributed by atoms with van der Waals surface area (Å²) in [5, 5.41) is 1.08. The van der Waals surface area contributed by atoms with E-state index in [-0.39, 0.29) is 0 Å². The number of piperidine rings is 1. The molecular formula is C18H23N3O. The molecule has 0 atom stereocenters. The number of carbonyl (C=O) groups is 1. The third-order valence-electron chi connectivity index (χ3n) is 4.33. The molecule has 1 aliphatic heterocycles. The maximum Gasteiger partial charge on any atom is 0.222 e. The van der Waals surface area contributed by atoms with E-state index < -0.39 is 0 Å². The molecule has 1 aliphatic rings. The fourth-order valence-corrected chi connectivity index (χ4v) is 3.10. The van der Waals surface area contributed by atoms with Crippen LogP contribution in [-0.4, -0.2) is 33.9 Å². The first-order chi connectivity index (χ1) is 10.6. The van der Waals surface area contributed by atoms with Crippen molar-refractivity contribution in [3.8, 4) is 0 Å². The van der Waals surface area contributed by atoms with Crippen LogP contribution >= 0.6 is 0 Å². The van der Waals surface area contributed by atoms with Crippen molar-refractivity contribution in [2.75, 3.05) is 13.1 Å². The number of aromatic nitrogens is 2. The number of amides is 1. The maximum atomic E-state index is 12.1. The molecule has 0 spiro atoms. The number of rotatable bonds is 3. The first-order valence-corrected chi connectivity index (χ1v) is 8.13. The number of carbonyl (C=O) groups excluding carboxylic acids is 1. The zero-order valence-corrected chi connectivity index (χ0v) is 13.3. The van der Waals surface area contributed by atoms with Gasteiger partial charge in [0.15, 0.2) is 5.65 Å². The van der Waals surface area contributed by atoms with Gasteiger partial charge in [-0.3, -0.25) is 4.79 Å². The summed E-state index contributed by atoms with van der Waals surface area (Å²) >= 11 is 0. The van der Waals surface area contributed by atoms with Crippen LogP contribution in [0.4, 0.5) is 0 Å². The average Bonchev–Trinajstić information content (AvgIpc) is 2.54. The van der Waals surface area contributed by atoms with Crippen LogP contribution in [0.5, 0.6) is 0 Å². The Bertz CT molecular complexity index is 660. The van der Waals surface area contributed by atoms with Gasteiger partial charge in [-0.1, -0.05) is 13.8 Å². The minimum absolute atomic E-state index is 0.293. The Kier molecular flexibility index (Phi) is 4.36. The molecule has 2 aromatic rings. The van der Waals surface area contributed by atoms with Crippen LogP contribution < -0.4 is 0 Å². The summed E-state index contributed by atoms with van der Waals surface area (Å²) in [6.45, 7) is 5.88. The summed E-state index contributed by atoms with van der Waals surface area (Å²) in [6, 6.07) is 8.18. The van der Waals surface area contributed by atoms with Gasteiger partial charge < -0.3 is 4.90 Å². The van der Waals surface area contributed by atoms with Gasteiger partial charge in [-0.15, -0.1) is 0 Å². The van der Waals surface area contributed by atoms with E-state index in [1.165, 1.54) is 0 Å². The Morgan fingerprint density at radius 1 is 1.27 bits per heavy atom. The largest absolute Gasteiger partial charge is 0.343 e. The molecule has 0 N–H and O–H groups in total. The van der Waals surface area contributed by atoms with Gasteiger partial charge in [-0.05, 0) is 43.0 Å². The summed E-state index contributed by atoms with van der Waals surface area (Å²) < 4.78 is 0. The summed E-state index contributed by atoms with van der Waals surface area (Å²) in [5.41, 5.74) is 1.93.